The van der Waals surface area contributed by atoms with Gasteiger partial charge in [0.1, 0.15) is 5.82 Å². The predicted octanol–water partition coefficient (Wildman–Crippen LogP) is 4.12. The predicted molar refractivity (Wildman–Crippen MR) is 129 cm³/mol. The molecule has 1 aromatic heterocycles. The first-order chi connectivity index (χ1) is 15.3. The van der Waals surface area contributed by atoms with Crippen molar-refractivity contribution >= 4 is 40.6 Å². The van der Waals surface area contributed by atoms with Crippen molar-refractivity contribution in [2.45, 2.75) is 6.54 Å². The molecule has 3 aromatic rings. The number of hydrogen-bond donors (Lipinski definition) is 2. The fraction of sp³-hybridized carbons (Fsp3) is 0.208. The van der Waals surface area contributed by atoms with E-state index in [1.165, 1.54) is 6.20 Å². The molecule has 8 heteroatoms. The van der Waals surface area contributed by atoms with Gasteiger partial charge in [0.05, 0.1) is 17.1 Å². The highest BCUT2D eigenvalue weighted by molar-refractivity contribution is 6.30. The number of nitrogens with zero attached hydrogens (tertiary/aromatic N) is 3. The number of nitrogens with one attached hydrogen (secondary N) is 2. The number of rotatable bonds is 8. The molecule has 0 aliphatic rings. The molecule has 0 aliphatic heterocycles. The second-order valence-electron chi connectivity index (χ2n) is 7.57. The molecule has 2 aromatic carbocycles. The van der Waals surface area contributed by atoms with E-state index >= 15 is 0 Å². The minimum absolute atomic E-state index is 0.0241. The molecular formula is C24H26ClN5O2. The maximum Gasteiger partial charge on any atom is 0.258 e. The van der Waals surface area contributed by atoms with Gasteiger partial charge in [-0.15, -0.1) is 0 Å². The summed E-state index contributed by atoms with van der Waals surface area (Å²) in [6.45, 7) is 0.878. The van der Waals surface area contributed by atoms with Crippen LogP contribution in [0, 0.1) is 0 Å². The number of aromatic nitrogens is 1. The summed E-state index contributed by atoms with van der Waals surface area (Å²) in [5, 5.41) is 6.60. The molecule has 0 saturated heterocycles. The Hall–Kier alpha value is -3.42. The lowest BCUT2D eigenvalue weighted by atomic mass is 10.1. The minimum Gasteiger partial charge on any atom is -0.380 e. The van der Waals surface area contributed by atoms with Crippen molar-refractivity contribution < 1.29 is 9.59 Å². The number of anilines is 3. The summed E-state index contributed by atoms with van der Waals surface area (Å²) in [5.41, 5.74) is 3.07. The van der Waals surface area contributed by atoms with Crippen LogP contribution in [-0.2, 0) is 11.3 Å². The van der Waals surface area contributed by atoms with Crippen LogP contribution in [0.5, 0.6) is 0 Å². The average Bonchev–Trinajstić information content (AvgIpc) is 2.78. The van der Waals surface area contributed by atoms with E-state index in [1.54, 1.807) is 30.1 Å². The van der Waals surface area contributed by atoms with Crippen molar-refractivity contribution in [1.29, 1.82) is 0 Å². The van der Waals surface area contributed by atoms with Gasteiger partial charge < -0.3 is 20.4 Å². The molecule has 0 unspecified atom stereocenters. The lowest BCUT2D eigenvalue weighted by Gasteiger charge is -2.20. The van der Waals surface area contributed by atoms with Gasteiger partial charge in [0.15, 0.2) is 0 Å². The van der Waals surface area contributed by atoms with Gasteiger partial charge in [-0.2, -0.15) is 0 Å². The van der Waals surface area contributed by atoms with Crippen LogP contribution >= 0.6 is 11.6 Å². The Balaban J connectivity index is 1.64. The maximum absolute atomic E-state index is 12.7. The molecule has 0 bridgehead atoms. The average molecular weight is 452 g/mol. The monoisotopic (exact) mass is 451 g/mol. The van der Waals surface area contributed by atoms with Crippen molar-refractivity contribution in [2.75, 3.05) is 43.2 Å². The highest BCUT2D eigenvalue weighted by atomic mass is 35.5. The zero-order valence-electron chi connectivity index (χ0n) is 18.3. The van der Waals surface area contributed by atoms with Crippen LogP contribution in [0.15, 0.2) is 66.9 Å². The van der Waals surface area contributed by atoms with Gasteiger partial charge >= 0.3 is 0 Å². The van der Waals surface area contributed by atoms with E-state index in [1.807, 2.05) is 61.5 Å². The Bertz CT molecular complexity index is 1070. The Labute approximate surface area is 193 Å². The van der Waals surface area contributed by atoms with E-state index < -0.39 is 0 Å². The van der Waals surface area contributed by atoms with Gasteiger partial charge in [0, 0.05) is 31.2 Å². The fourth-order valence-corrected chi connectivity index (χ4v) is 3.14. The Morgan fingerprint density at radius 1 is 0.969 bits per heavy atom. The van der Waals surface area contributed by atoms with Gasteiger partial charge in [-0.1, -0.05) is 35.9 Å². The molecule has 0 spiro atoms. The van der Waals surface area contributed by atoms with Crippen molar-refractivity contribution in [2.24, 2.45) is 0 Å². The van der Waals surface area contributed by atoms with E-state index in [-0.39, 0.29) is 11.8 Å². The molecule has 2 amide bonds. The third-order valence-electron chi connectivity index (χ3n) is 4.77. The van der Waals surface area contributed by atoms with Gasteiger partial charge in [-0.25, -0.2) is 4.98 Å². The summed E-state index contributed by atoms with van der Waals surface area (Å²) in [6, 6.07) is 18.4. The second kappa shape index (κ2) is 10.7. The lowest BCUT2D eigenvalue weighted by molar-refractivity contribution is -0.118. The molecular weight excluding hydrogens is 426 g/mol. The van der Waals surface area contributed by atoms with Crippen LogP contribution in [0.2, 0.25) is 5.02 Å². The maximum atomic E-state index is 12.7. The van der Waals surface area contributed by atoms with Gasteiger partial charge in [0.2, 0.25) is 5.91 Å². The summed E-state index contributed by atoms with van der Waals surface area (Å²) in [4.78, 5) is 32.5. The number of carbonyl (C=O) groups excluding carboxylic acids is 2. The smallest absolute Gasteiger partial charge is 0.258 e. The number of likely N-dealkylation sites (N-methyl/N-ethyl adjacent to an activating group) is 2. The normalized spacial score (nSPS) is 10.7. The number of amides is 2. The van der Waals surface area contributed by atoms with Gasteiger partial charge in [-0.3, -0.25) is 9.59 Å². The molecule has 0 atom stereocenters. The summed E-state index contributed by atoms with van der Waals surface area (Å²) in [5.74, 6) is 0.188. The zero-order chi connectivity index (χ0) is 23.1. The van der Waals surface area contributed by atoms with E-state index in [0.29, 0.717) is 35.2 Å². The van der Waals surface area contributed by atoms with Crippen LogP contribution in [0.4, 0.5) is 17.2 Å². The third-order valence-corrected chi connectivity index (χ3v) is 5.00. The lowest BCUT2D eigenvalue weighted by Crippen LogP contribution is -2.34. The van der Waals surface area contributed by atoms with Gasteiger partial charge in [-0.05, 0) is 56.1 Å². The molecule has 0 fully saturated rings. The van der Waals surface area contributed by atoms with Crippen LogP contribution in [0.3, 0.4) is 0 Å². The SMILES string of the molecule is CN(C)CC(=O)N(C)c1ccc(CNc2ccccc2C(=O)Nc2ccc(Cl)cn2)cc1. The molecule has 7 nitrogen and oxygen atoms in total. The zero-order valence-corrected chi connectivity index (χ0v) is 19.1. The molecule has 0 radical (unpaired) electrons. The Morgan fingerprint density at radius 3 is 2.34 bits per heavy atom. The van der Waals surface area contributed by atoms with Crippen LogP contribution < -0.4 is 15.5 Å². The first-order valence-electron chi connectivity index (χ1n) is 10.1. The number of para-hydroxylation sites is 1. The van der Waals surface area contributed by atoms with E-state index in [2.05, 4.69) is 15.6 Å². The van der Waals surface area contributed by atoms with Crippen LogP contribution in [0.25, 0.3) is 0 Å². The molecule has 3 rings (SSSR count). The minimum atomic E-state index is -0.265. The molecule has 0 aliphatic carbocycles. The summed E-state index contributed by atoms with van der Waals surface area (Å²) < 4.78 is 0. The molecule has 1 heterocycles. The molecule has 166 valence electrons. The van der Waals surface area contributed by atoms with E-state index in [0.717, 1.165) is 11.3 Å². The first kappa shape index (κ1) is 23.2. The number of halogens is 1. The van der Waals surface area contributed by atoms with Crippen molar-refractivity contribution in [3.8, 4) is 0 Å². The third kappa shape index (κ3) is 6.29. The van der Waals surface area contributed by atoms with Crippen LogP contribution in [0.1, 0.15) is 15.9 Å². The summed E-state index contributed by atoms with van der Waals surface area (Å²) >= 11 is 5.85. The van der Waals surface area contributed by atoms with Crippen molar-refractivity contribution in [3.63, 3.8) is 0 Å². The fourth-order valence-electron chi connectivity index (χ4n) is 3.02. The highest BCUT2D eigenvalue weighted by Crippen LogP contribution is 2.20. The van der Waals surface area contributed by atoms with E-state index in [4.69, 9.17) is 11.6 Å². The number of benzene rings is 2. The molecule has 32 heavy (non-hydrogen) atoms. The standard InChI is InChI=1S/C24H26ClN5O2/c1-29(2)16-23(31)30(3)19-11-8-17(9-12-19)14-26-21-7-5-4-6-20(21)24(32)28-22-13-10-18(25)15-27-22/h4-13,15,26H,14,16H2,1-3H3,(H,27,28,32). The van der Waals surface area contributed by atoms with Crippen molar-refractivity contribution in [3.05, 3.63) is 83.0 Å². The number of pyridine rings is 1. The quantitative estimate of drug-likeness (QED) is 0.538. The summed E-state index contributed by atoms with van der Waals surface area (Å²) in [6.07, 6.45) is 1.48. The highest BCUT2D eigenvalue weighted by Gasteiger charge is 2.13. The second-order valence-corrected chi connectivity index (χ2v) is 8.01. The number of carbonyl (C=O) groups is 2. The van der Waals surface area contributed by atoms with Crippen LogP contribution in [-0.4, -0.2) is 49.4 Å². The Morgan fingerprint density at radius 2 is 1.69 bits per heavy atom. The number of hydrogen-bond acceptors (Lipinski definition) is 5. The van der Waals surface area contributed by atoms with Crippen molar-refractivity contribution in [1.82, 2.24) is 9.88 Å². The van der Waals surface area contributed by atoms with Gasteiger partial charge in [0.25, 0.3) is 5.91 Å². The molecule has 2 N–H and O–H groups in total. The van der Waals surface area contributed by atoms with E-state index in [9.17, 15) is 9.59 Å². The Kier molecular flexibility index (Phi) is 7.81. The first-order valence-corrected chi connectivity index (χ1v) is 10.5. The topological polar surface area (TPSA) is 77.6 Å². The summed E-state index contributed by atoms with van der Waals surface area (Å²) in [7, 11) is 5.50. The largest absolute Gasteiger partial charge is 0.380 e. The molecule has 0 saturated carbocycles.